The average molecular weight is 1060 g/mol. The second-order valence-corrected chi connectivity index (χ2v) is 16.0. The maximum absolute atomic E-state index is 11.6. The number of nitrogens with two attached hydrogens (primary N) is 1. The molecule has 0 aliphatic carbocycles. The van der Waals surface area contributed by atoms with Crippen molar-refractivity contribution in [2.24, 2.45) is 0 Å². The van der Waals surface area contributed by atoms with E-state index in [0.717, 1.165) is 32.4 Å². The number of hydrogen-bond acceptors (Lipinski definition) is 8. The summed E-state index contributed by atoms with van der Waals surface area (Å²) < 4.78 is 46.1. The van der Waals surface area contributed by atoms with Crippen molar-refractivity contribution in [3.63, 3.8) is 0 Å². The number of rotatable bonds is 3. The topological polar surface area (TPSA) is 144 Å². The van der Waals surface area contributed by atoms with Crippen molar-refractivity contribution in [2.75, 3.05) is 12.4 Å². The molecule has 2 N–H and O–H groups in total. The van der Waals surface area contributed by atoms with E-state index in [0.29, 0.717) is 28.8 Å². The van der Waals surface area contributed by atoms with Crippen LogP contribution in [-0.2, 0) is 14.9 Å². The fraction of sp³-hybridized carbons (Fsp3) is 0.200. The third-order valence-electron chi connectivity index (χ3n) is 5.37. The van der Waals surface area contributed by atoms with Crippen molar-refractivity contribution in [3.8, 4) is 0 Å². The molecule has 0 fully saturated rings. The number of fused-ring (bicyclic) bond motifs is 1. The van der Waals surface area contributed by atoms with Crippen LogP contribution in [0.25, 0.3) is 5.52 Å². The van der Waals surface area contributed by atoms with E-state index >= 15 is 0 Å². The highest BCUT2D eigenvalue weighted by atomic mass is 79.9. The molecule has 0 aliphatic heterocycles. The maximum atomic E-state index is 11.6. The lowest BCUT2D eigenvalue weighted by Crippen LogP contribution is -2.43. The Morgan fingerprint density at radius 2 is 1.38 bits per heavy atom. The van der Waals surface area contributed by atoms with Crippen LogP contribution in [0.15, 0.2) is 99.2 Å². The van der Waals surface area contributed by atoms with E-state index in [-0.39, 0.29) is 26.7 Å². The predicted octanol–water partition coefficient (Wildman–Crippen LogP) is 8.63. The monoisotopic (exact) mass is 1060 g/mol. The summed E-state index contributed by atoms with van der Waals surface area (Å²) in [5, 5.41) is 4.10. The summed E-state index contributed by atoms with van der Waals surface area (Å²) in [7, 11) is -4.33. The molecule has 1 aromatic carbocycles. The van der Waals surface area contributed by atoms with Gasteiger partial charge in [0.2, 0.25) is 12.4 Å². The van der Waals surface area contributed by atoms with Crippen LogP contribution >= 0.6 is 95.6 Å². The van der Waals surface area contributed by atoms with Gasteiger partial charge in [0, 0.05) is 44.9 Å². The van der Waals surface area contributed by atoms with E-state index in [4.69, 9.17) is 10.6 Å². The highest BCUT2D eigenvalue weighted by Gasteiger charge is 2.16. The number of nitrogens with zero attached hydrogens (tertiary/aromatic N) is 4. The van der Waals surface area contributed by atoms with Crippen LogP contribution in [0.1, 0.15) is 41.4 Å². The van der Waals surface area contributed by atoms with Gasteiger partial charge in [-0.25, -0.2) is 23.6 Å². The van der Waals surface area contributed by atoms with Crippen molar-refractivity contribution in [3.05, 3.63) is 117 Å². The summed E-state index contributed by atoms with van der Waals surface area (Å²) in [6.45, 7) is 7.25. The molecule has 0 saturated carbocycles. The number of aromatic nitrogens is 4. The number of hydrogen-bond donors (Lipinski definition) is 1. The number of pyridine rings is 3. The van der Waals surface area contributed by atoms with Crippen LogP contribution < -0.4 is 10.5 Å². The summed E-state index contributed by atoms with van der Waals surface area (Å²) in [6.07, 6.45) is 10.3. The molecule has 0 amide bonds. The van der Waals surface area contributed by atoms with Gasteiger partial charge in [-0.3, -0.25) is 4.98 Å². The largest absolute Gasteiger partial charge is 0.744 e. The van der Waals surface area contributed by atoms with E-state index in [9.17, 15) is 17.8 Å². The molecular formula is C30H31BBr6N5O5S. The van der Waals surface area contributed by atoms with Crippen molar-refractivity contribution in [2.45, 2.75) is 40.0 Å². The van der Waals surface area contributed by atoms with Crippen molar-refractivity contribution >= 4 is 126 Å². The molecule has 4 aromatic heterocycles. The second kappa shape index (κ2) is 21.5. The first-order valence-electron chi connectivity index (χ1n) is 12.8. The van der Waals surface area contributed by atoms with E-state index in [1.807, 2.05) is 25.1 Å². The van der Waals surface area contributed by atoms with Gasteiger partial charge in [-0.2, -0.15) is 5.10 Å². The summed E-state index contributed by atoms with van der Waals surface area (Å²) in [4.78, 5) is 15.5. The first kappa shape index (κ1) is 46.3. The molecule has 48 heavy (non-hydrogen) atoms. The van der Waals surface area contributed by atoms with Gasteiger partial charge >= 0.3 is 5.97 Å². The van der Waals surface area contributed by atoms with Crippen molar-refractivity contribution < 1.29 is 27.2 Å². The predicted molar refractivity (Wildman–Crippen MR) is 209 cm³/mol. The Labute approximate surface area is 333 Å². The molecular weight excluding hydrogens is 1030 g/mol. The quantitative estimate of drug-likeness (QED) is 0.0623. The van der Waals surface area contributed by atoms with Gasteiger partial charge in [0.05, 0.1) is 32.2 Å². The molecule has 18 heteroatoms. The first-order valence-corrected chi connectivity index (χ1v) is 19.0. The average Bonchev–Trinajstić information content (AvgIpc) is 3.32. The van der Waals surface area contributed by atoms with E-state index in [1.165, 1.54) is 10.9 Å². The van der Waals surface area contributed by atoms with Crippen LogP contribution in [0, 0.1) is 20.8 Å². The molecule has 0 saturated heterocycles. The molecule has 0 aliphatic rings. The van der Waals surface area contributed by atoms with Gasteiger partial charge in [-0.15, -0.1) is 0 Å². The van der Waals surface area contributed by atoms with Gasteiger partial charge in [0.1, 0.15) is 15.7 Å². The van der Waals surface area contributed by atoms with Gasteiger partial charge in [-0.1, -0.05) is 29.8 Å². The van der Waals surface area contributed by atoms with Gasteiger partial charge in [0.25, 0.3) is 0 Å². The number of carbonyl (C=O) groups is 1. The smallest absolute Gasteiger partial charge is 0.342 e. The van der Waals surface area contributed by atoms with Gasteiger partial charge in [-0.05, 0) is 153 Å². The van der Waals surface area contributed by atoms with Gasteiger partial charge in [0.15, 0.2) is 0 Å². The van der Waals surface area contributed by atoms with Crippen LogP contribution in [0.4, 0.5) is 0 Å². The number of benzene rings is 1. The Bertz CT molecular complexity index is 1860. The lowest BCUT2D eigenvalue weighted by Gasteiger charge is -2.14. The minimum Gasteiger partial charge on any atom is -0.744 e. The summed E-state index contributed by atoms with van der Waals surface area (Å²) in [5.74, 6) is 5.06. The molecule has 257 valence electrons. The Kier molecular flexibility index (Phi) is 20.8. The highest BCUT2D eigenvalue weighted by Crippen LogP contribution is 2.26. The molecule has 0 bridgehead atoms. The molecule has 5 aromatic rings. The Hall–Kier alpha value is -1.67. The minimum atomic E-state index is -4.33. The lowest BCUT2D eigenvalue weighted by molar-refractivity contribution is -0.640. The zero-order valence-electron chi connectivity index (χ0n) is 25.2. The highest BCUT2D eigenvalue weighted by molar-refractivity contribution is 9.11. The zero-order valence-corrected chi connectivity index (χ0v) is 35.6. The Morgan fingerprint density at radius 3 is 1.79 bits per heavy atom. The molecule has 3 radical (unpaired) electrons. The number of aryl methyl sites for hydroxylation is 3. The standard InChI is InChI=1S/C10H8Br2N2O2.C9H12O3S.C5H5Br2N2.C5H3Br2N.CH4.B/c1-2-16-10(15)7-4-13-14-5-6(11)3-8(12)9(7)14;1-6-4-7(2)9(8(3)5-6)13(10,11)12;6-4-1-5(7)3-9(8)2-4;6-4-1-5(7)3-8-2-4;;/h3-5H,2H2,1H3;4-5H,1-3H3,(H,10,11,12);1-3H,8H2;1-3H;1H4;/q;;+1;;;/p-1. The van der Waals surface area contributed by atoms with Gasteiger partial charge < -0.3 is 9.29 Å². The summed E-state index contributed by atoms with van der Waals surface area (Å²) in [5.41, 5.74) is 3.17. The Balaban J connectivity index is 0.000000627. The van der Waals surface area contributed by atoms with Crippen LogP contribution in [0.2, 0.25) is 0 Å². The van der Waals surface area contributed by atoms with Crippen molar-refractivity contribution in [1.29, 1.82) is 0 Å². The third kappa shape index (κ3) is 15.1. The van der Waals surface area contributed by atoms with E-state index in [2.05, 4.69) is 106 Å². The van der Waals surface area contributed by atoms with E-state index < -0.39 is 10.1 Å². The molecule has 10 nitrogen and oxygen atoms in total. The first-order chi connectivity index (χ1) is 21.4. The normalized spacial score (nSPS) is 10.1. The zero-order chi connectivity index (χ0) is 34.8. The van der Waals surface area contributed by atoms with Crippen molar-refractivity contribution in [1.82, 2.24) is 14.6 Å². The third-order valence-corrected chi connectivity index (χ3v) is 9.29. The second-order valence-electron chi connectivity index (χ2n) is 9.20. The number of ether oxygens (including phenoxy) is 1. The fourth-order valence-electron chi connectivity index (χ4n) is 3.88. The maximum Gasteiger partial charge on any atom is 0.342 e. The molecule has 4 heterocycles. The minimum absolute atomic E-state index is 0. The number of esters is 1. The lowest BCUT2D eigenvalue weighted by atomic mass is 10.1. The SMILES string of the molecule is Brc1cncc(Br)c1.C.CCOC(=O)c1cnn2cc(Br)cc(Br)c12.Cc1cc(C)c(S(=O)(=O)[O-])c(C)c1.N[n+]1cc(Br)cc(Br)c1.[B]. The molecule has 5 rings (SSSR count). The summed E-state index contributed by atoms with van der Waals surface area (Å²) in [6, 6.07) is 9.10. The molecule has 0 atom stereocenters. The molecule has 0 spiro atoms. The number of nitrogen functional groups attached to an aromatic ring is 1. The van der Waals surface area contributed by atoms with E-state index in [1.54, 1.807) is 68.4 Å². The van der Waals surface area contributed by atoms with Crippen LogP contribution in [0.5, 0.6) is 0 Å². The fourth-order valence-corrected chi connectivity index (χ4v) is 8.46. The summed E-state index contributed by atoms with van der Waals surface area (Å²) >= 11 is 19.9. The van der Waals surface area contributed by atoms with Crippen LogP contribution in [-0.4, -0.2) is 48.6 Å². The number of halogens is 6. The number of carbonyl (C=O) groups excluding carboxylic acids is 1. The Morgan fingerprint density at radius 1 is 0.875 bits per heavy atom. The molecule has 0 unspecified atom stereocenters. The van der Waals surface area contributed by atoms with Crippen LogP contribution in [0.3, 0.4) is 0 Å².